The molecule has 1 atom stereocenters. The molecule has 0 aromatic heterocycles. The van der Waals surface area contributed by atoms with Crippen molar-refractivity contribution in [1.82, 2.24) is 0 Å². The zero-order chi connectivity index (χ0) is 14.5. The quantitative estimate of drug-likeness (QED) is 0.577. The van der Waals surface area contributed by atoms with Crippen molar-refractivity contribution in [2.45, 2.75) is 57.6 Å². The van der Waals surface area contributed by atoms with Crippen LogP contribution in [-0.2, 0) is 11.3 Å². The lowest BCUT2D eigenvalue weighted by Crippen LogP contribution is -2.29. The molecule has 0 amide bonds. The molecule has 1 aromatic carbocycles. The molecule has 3 heteroatoms. The second-order valence-corrected chi connectivity index (χ2v) is 5.44. The van der Waals surface area contributed by atoms with Gasteiger partial charge in [0.1, 0.15) is 0 Å². The van der Waals surface area contributed by atoms with Gasteiger partial charge in [-0.05, 0) is 18.4 Å². The smallest absolute Gasteiger partial charge is 0.0716 e. The molecule has 0 aliphatic heterocycles. The third-order valence-electron chi connectivity index (χ3n) is 3.53. The van der Waals surface area contributed by atoms with Crippen molar-refractivity contribution in [1.29, 1.82) is 0 Å². The molecular weight excluding hydrogens is 248 g/mol. The summed E-state index contributed by atoms with van der Waals surface area (Å²) in [4.78, 5) is 0. The van der Waals surface area contributed by atoms with Crippen LogP contribution in [0.5, 0.6) is 0 Å². The Bertz CT molecular complexity index is 316. The van der Waals surface area contributed by atoms with Gasteiger partial charge in [-0.15, -0.1) is 0 Å². The molecule has 0 heterocycles. The van der Waals surface area contributed by atoms with E-state index in [9.17, 15) is 0 Å². The van der Waals surface area contributed by atoms with E-state index in [-0.39, 0.29) is 6.04 Å². The van der Waals surface area contributed by atoms with Gasteiger partial charge >= 0.3 is 0 Å². The minimum atomic E-state index is 0.196. The van der Waals surface area contributed by atoms with Crippen LogP contribution in [0.15, 0.2) is 30.3 Å². The minimum Gasteiger partial charge on any atom is -0.377 e. The maximum Gasteiger partial charge on any atom is 0.0716 e. The van der Waals surface area contributed by atoms with Gasteiger partial charge in [0.15, 0.2) is 0 Å². The Morgan fingerprint density at radius 2 is 1.55 bits per heavy atom. The maximum atomic E-state index is 5.78. The second kappa shape index (κ2) is 11.9. The van der Waals surface area contributed by atoms with Gasteiger partial charge in [0.05, 0.1) is 6.61 Å². The Hall–Kier alpha value is -0.900. The van der Waals surface area contributed by atoms with Crippen molar-refractivity contribution in [3.05, 3.63) is 35.9 Å². The molecule has 1 unspecified atom stereocenters. The highest BCUT2D eigenvalue weighted by atomic mass is 16.5. The van der Waals surface area contributed by atoms with E-state index >= 15 is 0 Å². The fourth-order valence-corrected chi connectivity index (χ4v) is 2.20. The van der Waals surface area contributed by atoms with Crippen molar-refractivity contribution in [2.75, 3.05) is 13.2 Å². The van der Waals surface area contributed by atoms with Gasteiger partial charge in [-0.3, -0.25) is 0 Å². The monoisotopic (exact) mass is 278 g/mol. The van der Waals surface area contributed by atoms with Crippen LogP contribution in [-0.4, -0.2) is 19.2 Å². The van der Waals surface area contributed by atoms with Crippen molar-refractivity contribution in [3.8, 4) is 0 Å². The molecule has 0 spiro atoms. The van der Waals surface area contributed by atoms with Crippen LogP contribution >= 0.6 is 0 Å². The van der Waals surface area contributed by atoms with E-state index in [2.05, 4.69) is 24.3 Å². The number of unbranched alkanes of at least 4 members (excludes halogenated alkanes) is 5. The molecule has 0 fully saturated rings. The fraction of sp³-hybridized carbons (Fsp3) is 0.647. The summed E-state index contributed by atoms with van der Waals surface area (Å²) in [6.07, 6.45) is 8.58. The van der Waals surface area contributed by atoms with Crippen LogP contribution in [0.2, 0.25) is 0 Å². The second-order valence-electron chi connectivity index (χ2n) is 5.44. The molecule has 0 radical (unpaired) electrons. The molecule has 20 heavy (non-hydrogen) atoms. The van der Waals surface area contributed by atoms with Crippen molar-refractivity contribution >= 4 is 0 Å². The number of nitrogens with two attached hydrogens (primary N) is 2. The molecule has 0 saturated heterocycles. The normalized spacial score (nSPS) is 12.5. The lowest BCUT2D eigenvalue weighted by Gasteiger charge is -2.07. The average Bonchev–Trinajstić information content (AvgIpc) is 2.50. The highest BCUT2D eigenvalue weighted by molar-refractivity contribution is 5.13. The first kappa shape index (κ1) is 17.2. The van der Waals surface area contributed by atoms with Gasteiger partial charge in [0.2, 0.25) is 0 Å². The Morgan fingerprint density at radius 3 is 2.25 bits per heavy atom. The van der Waals surface area contributed by atoms with Crippen LogP contribution < -0.4 is 11.5 Å². The van der Waals surface area contributed by atoms with Crippen molar-refractivity contribution in [3.63, 3.8) is 0 Å². The number of hydrogen-bond acceptors (Lipinski definition) is 3. The Kier molecular flexibility index (Phi) is 10.2. The van der Waals surface area contributed by atoms with E-state index < -0.39 is 0 Å². The average molecular weight is 278 g/mol. The number of hydrogen-bond donors (Lipinski definition) is 2. The van der Waals surface area contributed by atoms with Gasteiger partial charge in [-0.25, -0.2) is 0 Å². The molecule has 3 nitrogen and oxygen atoms in total. The first-order valence-electron chi connectivity index (χ1n) is 7.90. The van der Waals surface area contributed by atoms with Crippen molar-refractivity contribution < 1.29 is 4.74 Å². The first-order valence-corrected chi connectivity index (χ1v) is 7.90. The summed E-state index contributed by atoms with van der Waals surface area (Å²) in [5.41, 5.74) is 12.5. The van der Waals surface area contributed by atoms with Crippen LogP contribution in [0, 0.1) is 0 Å². The Morgan fingerprint density at radius 1 is 0.900 bits per heavy atom. The predicted octanol–water partition coefficient (Wildman–Crippen LogP) is 3.22. The van der Waals surface area contributed by atoms with Crippen LogP contribution in [0.4, 0.5) is 0 Å². The molecule has 0 saturated carbocycles. The van der Waals surface area contributed by atoms with Gasteiger partial charge in [0.25, 0.3) is 0 Å². The van der Waals surface area contributed by atoms with E-state index in [0.29, 0.717) is 6.54 Å². The third-order valence-corrected chi connectivity index (χ3v) is 3.53. The lowest BCUT2D eigenvalue weighted by atomic mass is 10.1. The van der Waals surface area contributed by atoms with E-state index in [1.165, 1.54) is 37.7 Å². The molecule has 4 N–H and O–H groups in total. The summed E-state index contributed by atoms with van der Waals surface area (Å²) in [7, 11) is 0. The first-order chi connectivity index (χ1) is 9.83. The molecule has 0 aliphatic rings. The number of benzene rings is 1. The third kappa shape index (κ3) is 9.08. The van der Waals surface area contributed by atoms with Gasteiger partial charge in [0, 0.05) is 19.2 Å². The SMILES string of the molecule is NCC(N)CCCCCCCCOCc1ccccc1. The summed E-state index contributed by atoms with van der Waals surface area (Å²) < 4.78 is 5.66. The van der Waals surface area contributed by atoms with E-state index in [1.807, 2.05) is 6.07 Å². The molecule has 0 aliphatic carbocycles. The summed E-state index contributed by atoms with van der Waals surface area (Å²) >= 11 is 0. The van der Waals surface area contributed by atoms with Crippen LogP contribution in [0.25, 0.3) is 0 Å². The fourth-order valence-electron chi connectivity index (χ4n) is 2.20. The zero-order valence-corrected chi connectivity index (χ0v) is 12.6. The topological polar surface area (TPSA) is 61.3 Å². The molecule has 1 rings (SSSR count). The summed E-state index contributed by atoms with van der Waals surface area (Å²) in [5, 5.41) is 0. The maximum absolute atomic E-state index is 5.78. The van der Waals surface area contributed by atoms with Gasteiger partial charge < -0.3 is 16.2 Å². The predicted molar refractivity (Wildman–Crippen MR) is 85.4 cm³/mol. The van der Waals surface area contributed by atoms with E-state index in [4.69, 9.17) is 16.2 Å². The molecular formula is C17H30N2O. The minimum absolute atomic E-state index is 0.196. The van der Waals surface area contributed by atoms with E-state index in [1.54, 1.807) is 0 Å². The number of ether oxygens (including phenoxy) is 1. The van der Waals surface area contributed by atoms with Crippen molar-refractivity contribution in [2.24, 2.45) is 11.5 Å². The largest absolute Gasteiger partial charge is 0.377 e. The number of rotatable bonds is 12. The zero-order valence-electron chi connectivity index (χ0n) is 12.6. The van der Waals surface area contributed by atoms with E-state index in [0.717, 1.165) is 26.1 Å². The lowest BCUT2D eigenvalue weighted by molar-refractivity contribution is 0.116. The van der Waals surface area contributed by atoms with Gasteiger partial charge in [-0.2, -0.15) is 0 Å². The Labute approximate surface area is 123 Å². The highest BCUT2D eigenvalue weighted by Gasteiger charge is 1.98. The summed E-state index contributed by atoms with van der Waals surface area (Å²) in [6, 6.07) is 10.5. The Balaban J connectivity index is 1.81. The van der Waals surface area contributed by atoms with Crippen LogP contribution in [0.1, 0.15) is 50.5 Å². The highest BCUT2D eigenvalue weighted by Crippen LogP contribution is 2.08. The molecule has 0 bridgehead atoms. The van der Waals surface area contributed by atoms with Crippen LogP contribution in [0.3, 0.4) is 0 Å². The molecule has 114 valence electrons. The molecule has 1 aromatic rings. The standard InChI is InChI=1S/C17H30N2O/c18-14-17(19)12-8-3-1-2-4-9-13-20-15-16-10-6-5-7-11-16/h5-7,10-11,17H,1-4,8-9,12-15,18-19H2. The summed E-state index contributed by atoms with van der Waals surface area (Å²) in [6.45, 7) is 2.21. The summed E-state index contributed by atoms with van der Waals surface area (Å²) in [5.74, 6) is 0. The van der Waals surface area contributed by atoms with Gasteiger partial charge in [-0.1, -0.05) is 62.4 Å².